The first-order valence-corrected chi connectivity index (χ1v) is 6.68. The zero-order chi connectivity index (χ0) is 13.0. The molecule has 0 saturated heterocycles. The van der Waals surface area contributed by atoms with Gasteiger partial charge in [-0.05, 0) is 18.2 Å². The molecule has 0 unspecified atom stereocenters. The summed E-state index contributed by atoms with van der Waals surface area (Å²) in [5.41, 5.74) is 0.389. The SMILES string of the molecule is COc1ccc(NS(=O)(=O)c2ccccc2)cn1. The quantitative estimate of drug-likeness (QED) is 0.915. The minimum atomic E-state index is -3.56. The van der Waals surface area contributed by atoms with Crippen LogP contribution in [0.1, 0.15) is 0 Å². The normalized spacial score (nSPS) is 10.9. The Balaban J connectivity index is 2.22. The fraction of sp³-hybridized carbons (Fsp3) is 0.0833. The molecule has 0 bridgehead atoms. The summed E-state index contributed by atoms with van der Waals surface area (Å²) in [6.07, 6.45) is 1.40. The first-order valence-electron chi connectivity index (χ1n) is 5.20. The topological polar surface area (TPSA) is 68.3 Å². The molecule has 0 aliphatic carbocycles. The highest BCUT2D eigenvalue weighted by Crippen LogP contribution is 2.16. The predicted octanol–water partition coefficient (Wildman–Crippen LogP) is 1.89. The van der Waals surface area contributed by atoms with Gasteiger partial charge >= 0.3 is 0 Å². The molecule has 1 aromatic carbocycles. The van der Waals surface area contributed by atoms with Crippen LogP contribution in [0.5, 0.6) is 5.88 Å². The smallest absolute Gasteiger partial charge is 0.261 e. The molecule has 2 aromatic rings. The van der Waals surface area contributed by atoms with E-state index in [0.29, 0.717) is 11.6 Å². The van der Waals surface area contributed by atoms with Crippen LogP contribution in [-0.4, -0.2) is 20.5 Å². The number of hydrogen-bond donors (Lipinski definition) is 1. The highest BCUT2D eigenvalue weighted by molar-refractivity contribution is 7.92. The van der Waals surface area contributed by atoms with Gasteiger partial charge in [0, 0.05) is 6.07 Å². The molecule has 94 valence electrons. The molecule has 2 rings (SSSR count). The van der Waals surface area contributed by atoms with E-state index in [1.807, 2.05) is 0 Å². The number of sulfonamides is 1. The number of rotatable bonds is 4. The summed E-state index contributed by atoms with van der Waals surface area (Å²) < 4.78 is 31.3. The van der Waals surface area contributed by atoms with Crippen LogP contribution in [0.4, 0.5) is 5.69 Å². The van der Waals surface area contributed by atoms with Gasteiger partial charge in [-0.25, -0.2) is 13.4 Å². The highest BCUT2D eigenvalue weighted by atomic mass is 32.2. The molecule has 0 fully saturated rings. The summed E-state index contributed by atoms with van der Waals surface area (Å²) in [5.74, 6) is 0.428. The molecule has 6 heteroatoms. The number of nitrogens with one attached hydrogen (secondary N) is 1. The zero-order valence-electron chi connectivity index (χ0n) is 9.70. The Morgan fingerprint density at radius 3 is 2.39 bits per heavy atom. The van der Waals surface area contributed by atoms with Gasteiger partial charge in [-0.1, -0.05) is 18.2 Å². The molecule has 5 nitrogen and oxygen atoms in total. The molecule has 0 spiro atoms. The molecular formula is C12H12N2O3S. The van der Waals surface area contributed by atoms with E-state index in [9.17, 15) is 8.42 Å². The minimum Gasteiger partial charge on any atom is -0.481 e. The molecule has 0 atom stereocenters. The Hall–Kier alpha value is -2.08. The molecule has 0 saturated carbocycles. The first-order chi connectivity index (χ1) is 8.62. The maximum atomic E-state index is 12.0. The fourth-order valence-corrected chi connectivity index (χ4v) is 2.44. The largest absolute Gasteiger partial charge is 0.481 e. The van der Waals surface area contributed by atoms with E-state index in [1.165, 1.54) is 25.4 Å². The van der Waals surface area contributed by atoms with Crippen LogP contribution in [0.25, 0.3) is 0 Å². The maximum Gasteiger partial charge on any atom is 0.261 e. The van der Waals surface area contributed by atoms with Gasteiger partial charge in [0.05, 0.1) is 23.9 Å². The molecule has 1 heterocycles. The van der Waals surface area contributed by atoms with Crippen molar-refractivity contribution in [2.24, 2.45) is 0 Å². The van der Waals surface area contributed by atoms with Crippen molar-refractivity contribution in [3.63, 3.8) is 0 Å². The summed E-state index contributed by atoms with van der Waals surface area (Å²) >= 11 is 0. The van der Waals surface area contributed by atoms with Gasteiger partial charge in [-0.3, -0.25) is 4.72 Å². The molecule has 0 radical (unpaired) electrons. The standard InChI is InChI=1S/C12H12N2O3S/c1-17-12-8-7-10(9-13-12)14-18(15,16)11-5-3-2-4-6-11/h2-9,14H,1H3. The van der Waals surface area contributed by atoms with Crippen LogP contribution in [0, 0.1) is 0 Å². The van der Waals surface area contributed by atoms with Gasteiger partial charge in [0.2, 0.25) is 5.88 Å². The Morgan fingerprint density at radius 1 is 1.11 bits per heavy atom. The van der Waals surface area contributed by atoms with Gasteiger partial charge in [-0.15, -0.1) is 0 Å². The predicted molar refractivity (Wildman–Crippen MR) is 68.0 cm³/mol. The maximum absolute atomic E-state index is 12.0. The number of anilines is 1. The van der Waals surface area contributed by atoms with E-state index >= 15 is 0 Å². The number of ether oxygens (including phenoxy) is 1. The summed E-state index contributed by atoms with van der Waals surface area (Å²) in [6, 6.07) is 11.3. The van der Waals surface area contributed by atoms with Gasteiger partial charge in [-0.2, -0.15) is 0 Å². The van der Waals surface area contributed by atoms with Crippen molar-refractivity contribution in [2.45, 2.75) is 4.90 Å². The van der Waals surface area contributed by atoms with Crippen LogP contribution in [0.2, 0.25) is 0 Å². The summed E-state index contributed by atoms with van der Waals surface area (Å²) in [5, 5.41) is 0. The number of benzene rings is 1. The molecule has 1 aromatic heterocycles. The second-order valence-corrected chi connectivity index (χ2v) is 5.19. The van der Waals surface area contributed by atoms with Crippen molar-refractivity contribution in [2.75, 3.05) is 11.8 Å². The second-order valence-electron chi connectivity index (χ2n) is 3.51. The fourth-order valence-electron chi connectivity index (χ4n) is 1.38. The number of nitrogens with zero attached hydrogens (tertiary/aromatic N) is 1. The van der Waals surface area contributed by atoms with E-state index in [0.717, 1.165) is 0 Å². The van der Waals surface area contributed by atoms with Gasteiger partial charge in [0.1, 0.15) is 0 Å². The molecule has 0 aliphatic heterocycles. The lowest BCUT2D eigenvalue weighted by atomic mass is 10.4. The summed E-state index contributed by atoms with van der Waals surface area (Å²) in [7, 11) is -2.07. The van der Waals surface area contributed by atoms with E-state index in [1.54, 1.807) is 30.3 Å². The molecule has 1 N–H and O–H groups in total. The Labute approximate surface area is 105 Å². The van der Waals surface area contributed by atoms with Crippen molar-refractivity contribution in [1.29, 1.82) is 0 Å². The Kier molecular flexibility index (Phi) is 3.47. The third kappa shape index (κ3) is 2.78. The molecule has 0 amide bonds. The lowest BCUT2D eigenvalue weighted by Gasteiger charge is -2.07. The lowest BCUT2D eigenvalue weighted by molar-refractivity contribution is 0.398. The Bertz CT molecular complexity index is 610. The number of aromatic nitrogens is 1. The van der Waals surface area contributed by atoms with Crippen LogP contribution >= 0.6 is 0 Å². The van der Waals surface area contributed by atoms with Crippen molar-refractivity contribution < 1.29 is 13.2 Å². The summed E-state index contributed by atoms with van der Waals surface area (Å²) in [6.45, 7) is 0. The number of methoxy groups -OCH3 is 1. The van der Waals surface area contributed by atoms with Gasteiger partial charge in [0.15, 0.2) is 0 Å². The van der Waals surface area contributed by atoms with Crippen LogP contribution in [-0.2, 0) is 10.0 Å². The molecule has 0 aliphatic rings. The van der Waals surface area contributed by atoms with Gasteiger partial charge < -0.3 is 4.74 Å². The van der Waals surface area contributed by atoms with E-state index in [-0.39, 0.29) is 4.90 Å². The first kappa shape index (κ1) is 12.4. The van der Waals surface area contributed by atoms with Crippen LogP contribution in [0.15, 0.2) is 53.6 Å². The minimum absolute atomic E-state index is 0.209. The average molecular weight is 264 g/mol. The number of pyridine rings is 1. The van der Waals surface area contributed by atoms with Crippen molar-refractivity contribution in [3.8, 4) is 5.88 Å². The van der Waals surface area contributed by atoms with Crippen molar-refractivity contribution in [1.82, 2.24) is 4.98 Å². The number of hydrogen-bond acceptors (Lipinski definition) is 4. The molecule has 18 heavy (non-hydrogen) atoms. The monoisotopic (exact) mass is 264 g/mol. The Morgan fingerprint density at radius 2 is 1.83 bits per heavy atom. The van der Waals surface area contributed by atoms with Crippen molar-refractivity contribution in [3.05, 3.63) is 48.7 Å². The lowest BCUT2D eigenvalue weighted by Crippen LogP contribution is -2.12. The third-order valence-corrected chi connectivity index (χ3v) is 3.65. The van der Waals surface area contributed by atoms with E-state index in [4.69, 9.17) is 4.74 Å². The third-order valence-electron chi connectivity index (χ3n) is 2.25. The van der Waals surface area contributed by atoms with Crippen molar-refractivity contribution >= 4 is 15.7 Å². The van der Waals surface area contributed by atoms with E-state index in [2.05, 4.69) is 9.71 Å². The summed E-state index contributed by atoms with van der Waals surface area (Å²) in [4.78, 5) is 4.13. The molecular weight excluding hydrogens is 252 g/mol. The average Bonchev–Trinajstić information content (AvgIpc) is 2.40. The van der Waals surface area contributed by atoms with Gasteiger partial charge in [0.25, 0.3) is 10.0 Å². The van der Waals surface area contributed by atoms with E-state index < -0.39 is 10.0 Å². The van der Waals surface area contributed by atoms with Crippen LogP contribution < -0.4 is 9.46 Å². The van der Waals surface area contributed by atoms with Crippen LogP contribution in [0.3, 0.4) is 0 Å². The second kappa shape index (κ2) is 5.05. The highest BCUT2D eigenvalue weighted by Gasteiger charge is 2.13. The zero-order valence-corrected chi connectivity index (χ0v) is 10.5.